The van der Waals surface area contributed by atoms with Crippen LogP contribution in [0.15, 0.2) is 0 Å². The number of carbonyl (C=O) groups is 3. The molecule has 0 saturated carbocycles. The van der Waals surface area contributed by atoms with E-state index in [2.05, 4.69) is 31.0 Å². The van der Waals surface area contributed by atoms with Crippen LogP contribution in [-0.4, -0.2) is 73.9 Å². The Morgan fingerprint density at radius 1 is 0.569 bits per heavy atom. The topological polar surface area (TPSA) is 105 Å². The van der Waals surface area contributed by atoms with E-state index in [1.165, 1.54) is 186 Å². The van der Waals surface area contributed by atoms with Gasteiger partial charge in [-0.1, -0.05) is 201 Å². The highest BCUT2D eigenvalue weighted by Gasteiger charge is 2.26. The summed E-state index contributed by atoms with van der Waals surface area (Å²) in [6.45, 7) is 14.8. The molecular weight excluding hydrogens is 725 g/mol. The molecule has 8 heteroatoms. The average Bonchev–Trinajstić information content (AvgIpc) is 3.21. The fraction of sp³-hybridized carbons (Fsp3) is 0.940. The summed E-state index contributed by atoms with van der Waals surface area (Å²) in [4.78, 5) is 35.6. The number of amides is 1. The van der Waals surface area contributed by atoms with E-state index in [0.29, 0.717) is 19.6 Å². The third-order valence-electron chi connectivity index (χ3n) is 11.9. The molecule has 0 aliphatic heterocycles. The lowest BCUT2D eigenvalue weighted by atomic mass is 9.89. The molecule has 8 nitrogen and oxygen atoms in total. The summed E-state index contributed by atoms with van der Waals surface area (Å²) in [6, 6.07) is 0. The molecule has 0 atom stereocenters. The lowest BCUT2D eigenvalue weighted by molar-refractivity contribution is -0.144. The third kappa shape index (κ3) is 42.5. The molecule has 1 amide bonds. The maximum absolute atomic E-state index is 12.5. The molecule has 0 aliphatic rings. The number of hydrogen-bond acceptors (Lipinski definition) is 6. The van der Waals surface area contributed by atoms with Crippen LogP contribution in [-0.2, 0) is 23.9 Å². The lowest BCUT2D eigenvalue weighted by Gasteiger charge is -2.24. The number of rotatable bonds is 44. The summed E-state index contributed by atoms with van der Waals surface area (Å²) in [5.74, 6) is 0.903. The Labute approximate surface area is 360 Å². The molecule has 58 heavy (non-hydrogen) atoms. The minimum absolute atomic E-state index is 0.0146. The highest BCUT2D eigenvalue weighted by molar-refractivity contribution is 5.84. The number of esters is 1. The number of nitrogens with one attached hydrogen (secondary N) is 1. The van der Waals surface area contributed by atoms with E-state index in [-0.39, 0.29) is 18.3 Å². The minimum atomic E-state index is -0.785. The molecular formula is C50H100N2O6. The summed E-state index contributed by atoms with van der Waals surface area (Å²) >= 11 is 0. The number of carbonyl (C=O) groups excluding carboxylic acids is 2. The predicted octanol–water partition coefficient (Wildman–Crippen LogP) is 14.0. The Morgan fingerprint density at radius 2 is 0.931 bits per heavy atom. The summed E-state index contributed by atoms with van der Waals surface area (Å²) in [7, 11) is 1.59. The minimum Gasteiger partial charge on any atom is -0.483 e. The molecule has 0 heterocycles. The zero-order chi connectivity index (χ0) is 43.2. The zero-order valence-electron chi connectivity index (χ0n) is 39.7. The van der Waals surface area contributed by atoms with Crippen molar-refractivity contribution in [2.75, 3.05) is 39.9 Å². The monoisotopic (exact) mass is 825 g/mol. The molecule has 0 spiro atoms. The highest BCUT2D eigenvalue weighted by Crippen LogP contribution is 2.25. The van der Waals surface area contributed by atoms with Crippen molar-refractivity contribution in [3.8, 4) is 0 Å². The quantitative estimate of drug-likeness (QED) is 0.0358. The van der Waals surface area contributed by atoms with E-state index in [4.69, 9.17) is 19.4 Å². The third-order valence-corrected chi connectivity index (χ3v) is 11.9. The van der Waals surface area contributed by atoms with Gasteiger partial charge in [0.05, 0.1) is 6.61 Å². The van der Waals surface area contributed by atoms with Crippen LogP contribution < -0.4 is 5.32 Å². The molecule has 0 aromatic heterocycles. The van der Waals surface area contributed by atoms with Crippen molar-refractivity contribution < 1.29 is 29.0 Å². The molecule has 0 saturated heterocycles. The van der Waals surface area contributed by atoms with Crippen LogP contribution >= 0.6 is 0 Å². The number of nitrogens with zero attached hydrogens (tertiary/aromatic N) is 1. The Hall–Kier alpha value is -1.67. The van der Waals surface area contributed by atoms with Crippen LogP contribution in [0.2, 0.25) is 0 Å². The van der Waals surface area contributed by atoms with Crippen LogP contribution in [0.1, 0.15) is 253 Å². The second-order valence-electron chi connectivity index (χ2n) is 17.7. The maximum atomic E-state index is 12.5. The Bertz CT molecular complexity index is 853. The van der Waals surface area contributed by atoms with Gasteiger partial charge in [0.15, 0.2) is 0 Å². The molecule has 0 bridgehead atoms. The van der Waals surface area contributed by atoms with Gasteiger partial charge in [0.25, 0.3) is 12.4 Å². The van der Waals surface area contributed by atoms with Crippen molar-refractivity contribution in [3.63, 3.8) is 0 Å². The van der Waals surface area contributed by atoms with E-state index < -0.39 is 5.60 Å². The van der Waals surface area contributed by atoms with Crippen molar-refractivity contribution in [2.45, 2.75) is 259 Å². The number of hydrogen-bond donors (Lipinski definition) is 2. The standard InChI is InChI=1S/C49H98N2O4.CH2O2/c1-7-10-13-16-19-28-35-45-55-47(52)40-32-25-21-27-34-43-51(44-36-41-50-48(53)49(4,5)54-6)42-33-26-20-24-31-39-46(37-29-22-17-14-11-8-2)38-30-23-18-15-12-9-3;2-1-3/h46H,7-45H2,1-6H3,(H,50,53);1H,(H,2,3). The van der Waals surface area contributed by atoms with Gasteiger partial charge in [-0.05, 0) is 71.5 Å². The predicted molar refractivity (Wildman–Crippen MR) is 248 cm³/mol. The molecule has 346 valence electrons. The van der Waals surface area contributed by atoms with Crippen molar-refractivity contribution in [1.29, 1.82) is 0 Å². The second kappa shape index (κ2) is 46.4. The average molecular weight is 825 g/mol. The first kappa shape index (κ1) is 58.4. The maximum Gasteiger partial charge on any atom is 0.305 e. The molecule has 0 radical (unpaired) electrons. The second-order valence-corrected chi connectivity index (χ2v) is 17.7. The van der Waals surface area contributed by atoms with Crippen LogP contribution in [0, 0.1) is 5.92 Å². The highest BCUT2D eigenvalue weighted by atomic mass is 16.5. The van der Waals surface area contributed by atoms with E-state index in [9.17, 15) is 9.59 Å². The molecule has 0 aromatic rings. The number of carboxylic acid groups (broad SMARTS) is 1. The van der Waals surface area contributed by atoms with Gasteiger partial charge in [-0.2, -0.15) is 0 Å². The van der Waals surface area contributed by atoms with Gasteiger partial charge in [-0.25, -0.2) is 0 Å². The summed E-state index contributed by atoms with van der Waals surface area (Å²) in [5.41, 5.74) is -0.785. The number of methoxy groups -OCH3 is 1. The first-order valence-corrected chi connectivity index (χ1v) is 25.0. The van der Waals surface area contributed by atoms with E-state index in [1.54, 1.807) is 7.11 Å². The SMILES string of the molecule is CCCCCCCCCOC(=O)CCCCCCCN(CCCCCCCC(CCCCCCCC)CCCCCCCC)CCCNC(=O)C(C)(C)OC.O=CO. The van der Waals surface area contributed by atoms with Gasteiger partial charge in [0.1, 0.15) is 5.60 Å². The van der Waals surface area contributed by atoms with Crippen molar-refractivity contribution in [2.24, 2.45) is 5.92 Å². The smallest absolute Gasteiger partial charge is 0.305 e. The zero-order valence-corrected chi connectivity index (χ0v) is 39.7. The number of unbranched alkanes of at least 4 members (excludes halogenated alkanes) is 24. The number of ether oxygens (including phenoxy) is 2. The fourth-order valence-corrected chi connectivity index (χ4v) is 7.76. The van der Waals surface area contributed by atoms with Gasteiger partial charge in [0, 0.05) is 20.1 Å². The van der Waals surface area contributed by atoms with Crippen molar-refractivity contribution in [3.05, 3.63) is 0 Å². The molecule has 0 aromatic carbocycles. The Balaban J connectivity index is 0. The van der Waals surface area contributed by atoms with Crippen molar-refractivity contribution in [1.82, 2.24) is 10.2 Å². The van der Waals surface area contributed by atoms with Gasteiger partial charge in [-0.15, -0.1) is 0 Å². The van der Waals surface area contributed by atoms with E-state index in [1.807, 2.05) is 13.8 Å². The first-order chi connectivity index (χ1) is 28.2. The molecule has 0 unspecified atom stereocenters. The lowest BCUT2D eigenvalue weighted by Crippen LogP contribution is -2.44. The normalized spacial score (nSPS) is 11.5. The van der Waals surface area contributed by atoms with Crippen molar-refractivity contribution >= 4 is 18.3 Å². The van der Waals surface area contributed by atoms with E-state index in [0.717, 1.165) is 51.2 Å². The van der Waals surface area contributed by atoms with Gasteiger partial charge in [-0.3, -0.25) is 14.4 Å². The molecule has 0 rings (SSSR count). The largest absolute Gasteiger partial charge is 0.483 e. The molecule has 0 fully saturated rings. The van der Waals surface area contributed by atoms with Gasteiger partial charge >= 0.3 is 5.97 Å². The summed E-state index contributed by atoms with van der Waals surface area (Å²) in [6.07, 6.45) is 44.0. The summed E-state index contributed by atoms with van der Waals surface area (Å²) < 4.78 is 10.8. The summed E-state index contributed by atoms with van der Waals surface area (Å²) in [5, 5.41) is 9.96. The molecule has 2 N–H and O–H groups in total. The Morgan fingerprint density at radius 3 is 1.36 bits per heavy atom. The van der Waals surface area contributed by atoms with E-state index >= 15 is 0 Å². The van der Waals surface area contributed by atoms with Gasteiger partial charge in [0.2, 0.25) is 0 Å². The van der Waals surface area contributed by atoms with Crippen LogP contribution in [0.25, 0.3) is 0 Å². The molecule has 0 aliphatic carbocycles. The van der Waals surface area contributed by atoms with Gasteiger partial charge < -0.3 is 24.8 Å². The van der Waals surface area contributed by atoms with Crippen LogP contribution in [0.5, 0.6) is 0 Å². The van der Waals surface area contributed by atoms with Crippen LogP contribution in [0.3, 0.4) is 0 Å². The fourth-order valence-electron chi connectivity index (χ4n) is 7.76. The Kier molecular flexibility index (Phi) is 46.7. The first-order valence-electron chi connectivity index (χ1n) is 25.0. The van der Waals surface area contributed by atoms with Crippen LogP contribution in [0.4, 0.5) is 0 Å².